The molecule has 2 heterocycles. The van der Waals surface area contributed by atoms with Crippen molar-refractivity contribution in [1.82, 2.24) is 14.5 Å². The Kier molecular flexibility index (Phi) is 4.79. The summed E-state index contributed by atoms with van der Waals surface area (Å²) in [5.74, 6) is 0.153. The molecule has 0 aliphatic carbocycles. The summed E-state index contributed by atoms with van der Waals surface area (Å²) in [4.78, 5) is 20.8. The molecule has 6 nitrogen and oxygen atoms in total. The highest BCUT2D eigenvalue weighted by molar-refractivity contribution is 6.03. The number of pyridine rings is 1. The zero-order valence-electron chi connectivity index (χ0n) is 14.6. The van der Waals surface area contributed by atoms with Crippen molar-refractivity contribution in [3.63, 3.8) is 0 Å². The van der Waals surface area contributed by atoms with E-state index in [4.69, 9.17) is 4.74 Å². The number of para-hydroxylation sites is 1. The molecule has 2 aromatic carbocycles. The number of anilines is 1. The van der Waals surface area contributed by atoms with Crippen molar-refractivity contribution in [1.29, 1.82) is 0 Å². The Balaban J connectivity index is 1.46. The van der Waals surface area contributed by atoms with Gasteiger partial charge in [0.15, 0.2) is 0 Å². The number of nitrogens with one attached hydrogen (secondary N) is 1. The van der Waals surface area contributed by atoms with E-state index in [0.29, 0.717) is 23.0 Å². The Morgan fingerprint density at radius 2 is 1.75 bits per heavy atom. The Bertz CT molecular complexity index is 1080. The molecule has 7 heteroatoms. The number of amides is 1. The van der Waals surface area contributed by atoms with Gasteiger partial charge in [-0.05, 0) is 42.5 Å². The molecule has 1 amide bonds. The second-order valence-electron chi connectivity index (χ2n) is 5.88. The van der Waals surface area contributed by atoms with Crippen LogP contribution in [-0.4, -0.2) is 20.4 Å². The van der Waals surface area contributed by atoms with Crippen LogP contribution < -0.4 is 10.1 Å². The van der Waals surface area contributed by atoms with E-state index in [1.165, 1.54) is 36.7 Å². The predicted octanol–water partition coefficient (Wildman–Crippen LogP) is 4.45. The second kappa shape index (κ2) is 7.71. The van der Waals surface area contributed by atoms with Gasteiger partial charge in [-0.15, -0.1) is 0 Å². The third kappa shape index (κ3) is 3.88. The second-order valence-corrected chi connectivity index (χ2v) is 5.88. The lowest BCUT2D eigenvalue weighted by atomic mass is 10.3. The first kappa shape index (κ1) is 17.4. The molecule has 0 radical (unpaired) electrons. The molecule has 0 unspecified atom stereocenters. The Morgan fingerprint density at radius 1 is 0.964 bits per heavy atom. The topological polar surface area (TPSA) is 69.0 Å². The number of nitrogens with zero attached hydrogens (tertiary/aromatic N) is 3. The van der Waals surface area contributed by atoms with E-state index in [1.54, 1.807) is 23.0 Å². The minimum absolute atomic E-state index is 0.310. The zero-order chi connectivity index (χ0) is 19.3. The van der Waals surface area contributed by atoms with E-state index in [1.807, 2.05) is 30.3 Å². The molecule has 4 aromatic rings. The Morgan fingerprint density at radius 3 is 2.46 bits per heavy atom. The first-order chi connectivity index (χ1) is 13.7. The molecule has 0 aliphatic heterocycles. The quantitative estimate of drug-likeness (QED) is 0.560. The third-order valence-corrected chi connectivity index (χ3v) is 3.94. The van der Waals surface area contributed by atoms with Crippen LogP contribution in [0.5, 0.6) is 11.6 Å². The molecule has 0 spiro atoms. The van der Waals surface area contributed by atoms with Crippen molar-refractivity contribution < 1.29 is 13.9 Å². The van der Waals surface area contributed by atoms with Gasteiger partial charge in [0, 0.05) is 11.8 Å². The van der Waals surface area contributed by atoms with Gasteiger partial charge < -0.3 is 10.1 Å². The van der Waals surface area contributed by atoms with Crippen LogP contribution in [0.3, 0.4) is 0 Å². The van der Waals surface area contributed by atoms with Crippen molar-refractivity contribution in [3.05, 3.63) is 97.0 Å². The molecule has 0 aliphatic rings. The number of aromatic nitrogens is 3. The maximum Gasteiger partial charge on any atom is 0.274 e. The first-order valence-electron chi connectivity index (χ1n) is 8.48. The van der Waals surface area contributed by atoms with E-state index in [0.717, 1.165) is 5.69 Å². The molecule has 0 saturated heterocycles. The van der Waals surface area contributed by atoms with E-state index in [-0.39, 0.29) is 11.7 Å². The largest absolute Gasteiger partial charge is 0.439 e. The van der Waals surface area contributed by atoms with Crippen LogP contribution in [0.25, 0.3) is 5.69 Å². The Hall–Kier alpha value is -4.00. The number of benzene rings is 2. The van der Waals surface area contributed by atoms with Crippen LogP contribution in [-0.2, 0) is 0 Å². The summed E-state index contributed by atoms with van der Waals surface area (Å²) in [7, 11) is 0. The average molecular weight is 374 g/mol. The number of carbonyl (C=O) groups excluding carboxylic acids is 1. The first-order valence-corrected chi connectivity index (χ1v) is 8.48. The van der Waals surface area contributed by atoms with Gasteiger partial charge in [-0.2, -0.15) is 0 Å². The number of imidazole rings is 1. The van der Waals surface area contributed by atoms with Gasteiger partial charge in [0.2, 0.25) is 5.88 Å². The molecule has 0 bridgehead atoms. The third-order valence-electron chi connectivity index (χ3n) is 3.94. The highest BCUT2D eigenvalue weighted by atomic mass is 19.1. The lowest BCUT2D eigenvalue weighted by Crippen LogP contribution is -2.16. The number of halogens is 1. The van der Waals surface area contributed by atoms with E-state index >= 15 is 0 Å². The van der Waals surface area contributed by atoms with Crippen molar-refractivity contribution >= 4 is 11.6 Å². The van der Waals surface area contributed by atoms with Crippen LogP contribution in [0.2, 0.25) is 0 Å². The highest BCUT2D eigenvalue weighted by Gasteiger charge is 2.13. The molecule has 4 rings (SSSR count). The molecular formula is C21H15FN4O2. The van der Waals surface area contributed by atoms with Gasteiger partial charge in [-0.25, -0.2) is 14.4 Å². The molecular weight excluding hydrogens is 359 g/mol. The number of hydrogen-bond donors (Lipinski definition) is 1. The van der Waals surface area contributed by atoms with Crippen molar-refractivity contribution in [3.8, 4) is 17.3 Å². The van der Waals surface area contributed by atoms with Gasteiger partial charge in [0.1, 0.15) is 17.3 Å². The Labute approximate surface area is 160 Å². The summed E-state index contributed by atoms with van der Waals surface area (Å²) < 4.78 is 20.2. The SMILES string of the molecule is O=C(Nc1ccc(Oc2ccc(F)cc2)nc1)c1cncn1-c1ccccc1. The van der Waals surface area contributed by atoms with E-state index in [2.05, 4.69) is 15.3 Å². The number of carbonyl (C=O) groups is 1. The maximum absolute atomic E-state index is 12.9. The van der Waals surface area contributed by atoms with E-state index < -0.39 is 0 Å². The fourth-order valence-electron chi connectivity index (χ4n) is 2.59. The number of ether oxygens (including phenoxy) is 1. The van der Waals surface area contributed by atoms with Gasteiger partial charge in [-0.1, -0.05) is 18.2 Å². The predicted molar refractivity (Wildman–Crippen MR) is 102 cm³/mol. The van der Waals surface area contributed by atoms with Crippen LogP contribution in [0.4, 0.5) is 10.1 Å². The minimum Gasteiger partial charge on any atom is -0.439 e. The standard InChI is InChI=1S/C21H15FN4O2/c22-15-6-9-18(10-7-15)28-20-11-8-16(12-24-20)25-21(27)19-13-23-14-26(19)17-4-2-1-3-5-17/h1-14H,(H,25,27). The van der Waals surface area contributed by atoms with Crippen molar-refractivity contribution in [2.45, 2.75) is 0 Å². The molecule has 28 heavy (non-hydrogen) atoms. The lowest BCUT2D eigenvalue weighted by molar-refractivity contribution is 0.102. The molecule has 138 valence electrons. The van der Waals surface area contributed by atoms with Crippen molar-refractivity contribution in [2.75, 3.05) is 5.32 Å². The van der Waals surface area contributed by atoms with Crippen LogP contribution in [0.15, 0.2) is 85.5 Å². The lowest BCUT2D eigenvalue weighted by Gasteiger charge is -2.09. The number of rotatable bonds is 5. The van der Waals surface area contributed by atoms with E-state index in [9.17, 15) is 9.18 Å². The van der Waals surface area contributed by atoms with Gasteiger partial charge in [0.05, 0.1) is 24.4 Å². The summed E-state index contributed by atoms with van der Waals surface area (Å²) in [6.07, 6.45) is 4.57. The van der Waals surface area contributed by atoms with Crippen LogP contribution in [0, 0.1) is 5.82 Å². The van der Waals surface area contributed by atoms with Crippen LogP contribution in [0.1, 0.15) is 10.5 Å². The zero-order valence-corrected chi connectivity index (χ0v) is 14.6. The van der Waals surface area contributed by atoms with Crippen molar-refractivity contribution in [2.24, 2.45) is 0 Å². The normalized spacial score (nSPS) is 10.5. The fraction of sp³-hybridized carbons (Fsp3) is 0. The molecule has 2 aromatic heterocycles. The summed E-state index contributed by atoms with van der Waals surface area (Å²) in [6, 6.07) is 18.4. The molecule has 1 N–H and O–H groups in total. The average Bonchev–Trinajstić information content (AvgIpc) is 3.22. The number of hydrogen-bond acceptors (Lipinski definition) is 4. The summed E-state index contributed by atoms with van der Waals surface area (Å²) in [5, 5.41) is 2.79. The van der Waals surface area contributed by atoms with Crippen LogP contribution >= 0.6 is 0 Å². The highest BCUT2D eigenvalue weighted by Crippen LogP contribution is 2.21. The summed E-state index contributed by atoms with van der Waals surface area (Å²) >= 11 is 0. The smallest absolute Gasteiger partial charge is 0.274 e. The fourth-order valence-corrected chi connectivity index (χ4v) is 2.59. The minimum atomic E-state index is -0.340. The van der Waals surface area contributed by atoms with Gasteiger partial charge >= 0.3 is 0 Å². The molecule has 0 saturated carbocycles. The van der Waals surface area contributed by atoms with Gasteiger partial charge in [-0.3, -0.25) is 9.36 Å². The summed E-state index contributed by atoms with van der Waals surface area (Å²) in [5.41, 5.74) is 1.75. The maximum atomic E-state index is 12.9. The molecule has 0 fully saturated rings. The monoisotopic (exact) mass is 374 g/mol. The molecule has 0 atom stereocenters. The summed E-state index contributed by atoms with van der Waals surface area (Å²) in [6.45, 7) is 0. The van der Waals surface area contributed by atoms with Gasteiger partial charge in [0.25, 0.3) is 5.91 Å².